The summed E-state index contributed by atoms with van der Waals surface area (Å²) in [6.45, 7) is 3.45. The first-order valence-electron chi connectivity index (χ1n) is 5.57. The quantitative estimate of drug-likeness (QED) is 0.789. The van der Waals surface area contributed by atoms with Crippen molar-refractivity contribution in [3.63, 3.8) is 0 Å². The molecule has 1 radical (unpaired) electrons. The molecule has 1 aliphatic heterocycles. The Morgan fingerprint density at radius 1 is 1.25 bits per heavy atom. The van der Waals surface area contributed by atoms with Crippen LogP contribution in [0.15, 0.2) is 29.2 Å². The fourth-order valence-electron chi connectivity index (χ4n) is 1.92. The van der Waals surface area contributed by atoms with E-state index < -0.39 is 10.0 Å². The smallest absolute Gasteiger partial charge is 0.207 e. The summed E-state index contributed by atoms with van der Waals surface area (Å²) in [6, 6.07) is 9.32. The zero-order valence-electron chi connectivity index (χ0n) is 9.39. The lowest BCUT2D eigenvalue weighted by molar-refractivity contribution is 0.288. The summed E-state index contributed by atoms with van der Waals surface area (Å²) in [5.74, 6) is 0.635. The van der Waals surface area contributed by atoms with E-state index in [4.69, 9.17) is 0 Å². The van der Waals surface area contributed by atoms with Gasteiger partial charge in [-0.1, -0.05) is 19.1 Å². The number of hydrogen-bond acceptors (Lipinski definition) is 2. The molecule has 0 unspecified atom stereocenters. The van der Waals surface area contributed by atoms with Gasteiger partial charge in [-0.3, -0.25) is 0 Å². The second-order valence-electron chi connectivity index (χ2n) is 4.32. The molecule has 3 nitrogen and oxygen atoms in total. The minimum absolute atomic E-state index is 0.376. The highest BCUT2D eigenvalue weighted by atomic mass is 32.2. The second-order valence-corrected chi connectivity index (χ2v) is 6.26. The molecule has 0 atom stereocenters. The second kappa shape index (κ2) is 4.55. The molecule has 0 saturated carbocycles. The van der Waals surface area contributed by atoms with E-state index in [1.165, 1.54) is 0 Å². The van der Waals surface area contributed by atoms with E-state index in [0.29, 0.717) is 23.9 Å². The average Bonchev–Trinajstić information content (AvgIpc) is 2.31. The molecule has 0 aliphatic carbocycles. The molecule has 2 rings (SSSR count). The van der Waals surface area contributed by atoms with Crippen molar-refractivity contribution in [3.05, 3.63) is 30.3 Å². The summed E-state index contributed by atoms with van der Waals surface area (Å²) < 4.78 is 26.0. The van der Waals surface area contributed by atoms with Crippen LogP contribution in [-0.4, -0.2) is 25.8 Å². The Morgan fingerprint density at radius 3 is 2.38 bits per heavy atom. The van der Waals surface area contributed by atoms with E-state index in [1.54, 1.807) is 28.6 Å². The molecule has 16 heavy (non-hydrogen) atoms. The van der Waals surface area contributed by atoms with Gasteiger partial charge in [0, 0.05) is 13.1 Å². The molecule has 0 spiro atoms. The summed E-state index contributed by atoms with van der Waals surface area (Å²) in [5.41, 5.74) is 0. The van der Waals surface area contributed by atoms with Gasteiger partial charge in [0.2, 0.25) is 10.0 Å². The lowest BCUT2D eigenvalue weighted by Gasteiger charge is -2.29. The third-order valence-corrected chi connectivity index (χ3v) is 4.98. The Kier molecular flexibility index (Phi) is 3.30. The standard InChI is InChI=1S/C12H16NO2S/c1-11-7-9-13(10-8-11)16(14,15)12-5-3-2-4-6-12/h3-6,11H,7-10H2,1H3. The van der Waals surface area contributed by atoms with E-state index >= 15 is 0 Å². The maximum absolute atomic E-state index is 12.2. The summed E-state index contributed by atoms with van der Waals surface area (Å²) in [7, 11) is -3.27. The van der Waals surface area contributed by atoms with Crippen LogP contribution in [0.4, 0.5) is 0 Å². The lowest BCUT2D eigenvalue weighted by atomic mass is 10.0. The van der Waals surface area contributed by atoms with Gasteiger partial charge in [-0.25, -0.2) is 8.42 Å². The van der Waals surface area contributed by atoms with E-state index in [0.717, 1.165) is 12.8 Å². The number of nitrogens with zero attached hydrogens (tertiary/aromatic N) is 1. The van der Waals surface area contributed by atoms with Crippen LogP contribution in [-0.2, 0) is 10.0 Å². The predicted octanol–water partition coefficient (Wildman–Crippen LogP) is 1.91. The van der Waals surface area contributed by atoms with Crippen LogP contribution in [0.1, 0.15) is 19.8 Å². The highest BCUT2D eigenvalue weighted by Crippen LogP contribution is 2.22. The molecule has 0 amide bonds. The van der Waals surface area contributed by atoms with Gasteiger partial charge in [-0.2, -0.15) is 4.31 Å². The third-order valence-electron chi connectivity index (χ3n) is 3.07. The van der Waals surface area contributed by atoms with Gasteiger partial charge in [-0.15, -0.1) is 0 Å². The fraction of sp³-hybridized carbons (Fsp3) is 0.500. The van der Waals surface area contributed by atoms with Crippen LogP contribution in [0.25, 0.3) is 0 Å². The predicted molar refractivity (Wildman–Crippen MR) is 62.4 cm³/mol. The van der Waals surface area contributed by atoms with Crippen LogP contribution >= 0.6 is 0 Å². The Bertz CT molecular complexity index is 433. The monoisotopic (exact) mass is 238 g/mol. The Hall–Kier alpha value is -0.870. The van der Waals surface area contributed by atoms with Crippen molar-refractivity contribution in [2.75, 3.05) is 13.1 Å². The summed E-state index contributed by atoms with van der Waals surface area (Å²) in [6.07, 6.45) is 1.91. The summed E-state index contributed by atoms with van der Waals surface area (Å²) in [4.78, 5) is 0.376. The van der Waals surface area contributed by atoms with Gasteiger partial charge in [0.05, 0.1) is 4.90 Å². The van der Waals surface area contributed by atoms with Crippen LogP contribution < -0.4 is 0 Å². The molecule has 1 saturated heterocycles. The Balaban J connectivity index is 2.20. The van der Waals surface area contributed by atoms with Crippen LogP contribution in [0.3, 0.4) is 0 Å². The molecule has 0 N–H and O–H groups in total. The minimum atomic E-state index is -3.27. The molecular weight excluding hydrogens is 222 g/mol. The van der Waals surface area contributed by atoms with Crippen molar-refractivity contribution < 1.29 is 8.42 Å². The first-order valence-corrected chi connectivity index (χ1v) is 7.01. The van der Waals surface area contributed by atoms with E-state index in [-0.39, 0.29) is 0 Å². The molecule has 0 bridgehead atoms. The molecule has 1 aromatic rings. The fourth-order valence-corrected chi connectivity index (χ4v) is 3.39. The maximum atomic E-state index is 12.2. The number of hydrogen-bond donors (Lipinski definition) is 0. The topological polar surface area (TPSA) is 37.4 Å². The van der Waals surface area contributed by atoms with Crippen LogP contribution in [0.5, 0.6) is 0 Å². The maximum Gasteiger partial charge on any atom is 0.243 e. The molecule has 1 heterocycles. The average molecular weight is 238 g/mol. The van der Waals surface area contributed by atoms with Gasteiger partial charge < -0.3 is 0 Å². The van der Waals surface area contributed by atoms with Crippen molar-refractivity contribution >= 4 is 10.0 Å². The van der Waals surface area contributed by atoms with Crippen molar-refractivity contribution in [2.24, 2.45) is 5.92 Å². The number of piperidine rings is 1. The molecule has 1 aromatic carbocycles. The Labute approximate surface area is 97.1 Å². The van der Waals surface area contributed by atoms with Gasteiger partial charge in [0.25, 0.3) is 0 Å². The van der Waals surface area contributed by atoms with Crippen molar-refractivity contribution in [1.29, 1.82) is 0 Å². The summed E-state index contributed by atoms with van der Waals surface area (Å²) in [5, 5.41) is 0. The minimum Gasteiger partial charge on any atom is -0.207 e. The van der Waals surface area contributed by atoms with Gasteiger partial charge in [-0.05, 0) is 37.0 Å². The van der Waals surface area contributed by atoms with Gasteiger partial charge >= 0.3 is 0 Å². The zero-order chi connectivity index (χ0) is 11.6. The molecule has 4 heteroatoms. The first-order chi connectivity index (χ1) is 7.60. The lowest BCUT2D eigenvalue weighted by Crippen LogP contribution is -2.37. The van der Waals surface area contributed by atoms with Gasteiger partial charge in [0.1, 0.15) is 0 Å². The number of sulfonamides is 1. The Morgan fingerprint density at radius 2 is 1.81 bits per heavy atom. The van der Waals surface area contributed by atoms with Gasteiger partial charge in [0.15, 0.2) is 0 Å². The molecule has 87 valence electrons. The van der Waals surface area contributed by atoms with Crippen molar-refractivity contribution in [1.82, 2.24) is 4.31 Å². The van der Waals surface area contributed by atoms with Crippen molar-refractivity contribution in [3.8, 4) is 0 Å². The molecule has 0 aromatic heterocycles. The van der Waals surface area contributed by atoms with E-state index in [2.05, 4.69) is 13.0 Å². The number of benzene rings is 1. The highest BCUT2D eigenvalue weighted by molar-refractivity contribution is 7.89. The first kappa shape index (κ1) is 11.6. The van der Waals surface area contributed by atoms with Crippen LogP contribution in [0, 0.1) is 12.0 Å². The largest absolute Gasteiger partial charge is 0.243 e. The normalized spacial score (nSPS) is 19.8. The SMILES string of the molecule is CC1CCN(S(=O)(=O)c2cc[c]cc2)CC1. The van der Waals surface area contributed by atoms with Crippen molar-refractivity contribution in [2.45, 2.75) is 24.7 Å². The molecule has 1 fully saturated rings. The molecule has 1 aliphatic rings. The molecular formula is C12H16NO2S. The third kappa shape index (κ3) is 2.28. The summed E-state index contributed by atoms with van der Waals surface area (Å²) >= 11 is 0. The van der Waals surface area contributed by atoms with E-state index in [1.807, 2.05) is 0 Å². The highest BCUT2D eigenvalue weighted by Gasteiger charge is 2.27. The number of rotatable bonds is 2. The van der Waals surface area contributed by atoms with Crippen LogP contribution in [0.2, 0.25) is 0 Å². The zero-order valence-corrected chi connectivity index (χ0v) is 10.2. The van der Waals surface area contributed by atoms with E-state index in [9.17, 15) is 8.42 Å².